The summed E-state index contributed by atoms with van der Waals surface area (Å²) in [4.78, 5) is 15.6. The fourth-order valence-electron chi connectivity index (χ4n) is 1.85. The van der Waals surface area contributed by atoms with Crippen LogP contribution in [0.3, 0.4) is 0 Å². The summed E-state index contributed by atoms with van der Waals surface area (Å²) in [6.07, 6.45) is 0. The third-order valence-electron chi connectivity index (χ3n) is 2.85. The molecule has 0 saturated carbocycles. The van der Waals surface area contributed by atoms with Gasteiger partial charge in [-0.15, -0.1) is 0 Å². The predicted molar refractivity (Wildman–Crippen MR) is 74.2 cm³/mol. The van der Waals surface area contributed by atoms with Crippen LogP contribution in [-0.2, 0) is 5.41 Å². The largest absolute Gasteiger partial charge is 0.497 e. The van der Waals surface area contributed by atoms with Gasteiger partial charge in [0.2, 0.25) is 11.7 Å². The lowest BCUT2D eigenvalue weighted by molar-refractivity contribution is 0.0659. The molecule has 0 radical (unpaired) electrons. The first-order valence-electron chi connectivity index (χ1n) is 6.22. The van der Waals surface area contributed by atoms with Gasteiger partial charge in [-0.05, 0) is 18.2 Å². The van der Waals surface area contributed by atoms with Crippen LogP contribution in [0.25, 0.3) is 11.5 Å². The van der Waals surface area contributed by atoms with E-state index in [4.69, 9.17) is 9.15 Å². The number of hydrogen-bond acceptors (Lipinski definition) is 4. The van der Waals surface area contributed by atoms with E-state index in [1.54, 1.807) is 31.4 Å². The molecule has 0 spiro atoms. The highest BCUT2D eigenvalue weighted by atomic mass is 16.5. The van der Waals surface area contributed by atoms with Gasteiger partial charge in [0, 0.05) is 11.0 Å². The molecule has 20 heavy (non-hydrogen) atoms. The number of carboxylic acids is 1. The maximum Gasteiger partial charge on any atom is 0.373 e. The van der Waals surface area contributed by atoms with Crippen molar-refractivity contribution in [1.29, 1.82) is 0 Å². The van der Waals surface area contributed by atoms with Gasteiger partial charge in [0.25, 0.3) is 0 Å². The van der Waals surface area contributed by atoms with Crippen molar-refractivity contribution >= 4 is 5.97 Å². The number of rotatable bonds is 3. The lowest BCUT2D eigenvalue weighted by Gasteiger charge is -2.14. The maximum atomic E-state index is 11.3. The molecular formula is C15H17NO4. The molecule has 0 atom stereocenters. The third-order valence-corrected chi connectivity index (χ3v) is 2.85. The number of carbonyl (C=O) groups is 1. The van der Waals surface area contributed by atoms with Gasteiger partial charge in [-0.2, -0.15) is 0 Å². The highest BCUT2D eigenvalue weighted by Gasteiger charge is 2.29. The Kier molecular flexibility index (Phi) is 3.53. The topological polar surface area (TPSA) is 72.6 Å². The first-order chi connectivity index (χ1) is 9.32. The van der Waals surface area contributed by atoms with Gasteiger partial charge in [0.05, 0.1) is 7.11 Å². The fourth-order valence-corrected chi connectivity index (χ4v) is 1.85. The number of methoxy groups -OCH3 is 1. The van der Waals surface area contributed by atoms with Crippen molar-refractivity contribution in [3.63, 3.8) is 0 Å². The van der Waals surface area contributed by atoms with Gasteiger partial charge < -0.3 is 14.3 Å². The van der Waals surface area contributed by atoms with Gasteiger partial charge in [-0.3, -0.25) is 0 Å². The molecule has 0 aliphatic carbocycles. The zero-order valence-electron chi connectivity index (χ0n) is 11.9. The first kappa shape index (κ1) is 14.1. The highest BCUT2D eigenvalue weighted by molar-refractivity contribution is 5.86. The summed E-state index contributed by atoms with van der Waals surface area (Å²) in [5.41, 5.74) is 0.708. The van der Waals surface area contributed by atoms with Gasteiger partial charge in [-0.25, -0.2) is 9.78 Å². The van der Waals surface area contributed by atoms with Crippen molar-refractivity contribution in [1.82, 2.24) is 4.98 Å². The standard InChI is InChI=1S/C15H17NO4/c1-15(2,3)12-11(14(17)18)20-13(16-12)9-6-5-7-10(8-9)19-4/h5-8H,1-4H3,(H,17,18). The van der Waals surface area contributed by atoms with E-state index >= 15 is 0 Å². The molecule has 1 heterocycles. The van der Waals surface area contributed by atoms with Crippen molar-refractivity contribution in [2.75, 3.05) is 7.11 Å². The molecule has 0 saturated heterocycles. The molecule has 5 nitrogen and oxygen atoms in total. The Labute approximate surface area is 117 Å². The Morgan fingerprint density at radius 3 is 2.55 bits per heavy atom. The number of oxazole rings is 1. The van der Waals surface area contributed by atoms with Crippen molar-refractivity contribution in [3.8, 4) is 17.2 Å². The van der Waals surface area contributed by atoms with Crippen molar-refractivity contribution in [3.05, 3.63) is 35.7 Å². The quantitative estimate of drug-likeness (QED) is 0.930. The van der Waals surface area contributed by atoms with Crippen molar-refractivity contribution in [2.45, 2.75) is 26.2 Å². The molecule has 0 fully saturated rings. The smallest absolute Gasteiger partial charge is 0.373 e. The van der Waals surface area contributed by atoms with E-state index in [2.05, 4.69) is 4.98 Å². The van der Waals surface area contributed by atoms with E-state index in [1.165, 1.54) is 0 Å². The number of carboxylic acid groups (broad SMARTS) is 1. The normalized spacial score (nSPS) is 11.4. The van der Waals surface area contributed by atoms with E-state index in [0.29, 0.717) is 17.0 Å². The summed E-state index contributed by atoms with van der Waals surface area (Å²) < 4.78 is 10.6. The van der Waals surface area contributed by atoms with E-state index < -0.39 is 11.4 Å². The molecule has 1 aromatic heterocycles. The molecule has 0 aliphatic heterocycles. The van der Waals surface area contributed by atoms with Crippen LogP contribution in [0.2, 0.25) is 0 Å². The Morgan fingerprint density at radius 1 is 1.35 bits per heavy atom. The van der Waals surface area contributed by atoms with Crippen LogP contribution in [0, 0.1) is 0 Å². The summed E-state index contributed by atoms with van der Waals surface area (Å²) in [5.74, 6) is -0.284. The molecule has 1 aromatic carbocycles. The van der Waals surface area contributed by atoms with Crippen molar-refractivity contribution in [2.24, 2.45) is 0 Å². The van der Waals surface area contributed by atoms with Crippen LogP contribution in [0.1, 0.15) is 37.0 Å². The number of nitrogens with zero attached hydrogens (tertiary/aromatic N) is 1. The van der Waals surface area contributed by atoms with Crippen LogP contribution in [0.15, 0.2) is 28.7 Å². The molecule has 2 aromatic rings. The second-order valence-electron chi connectivity index (χ2n) is 5.48. The Hall–Kier alpha value is -2.30. The monoisotopic (exact) mass is 275 g/mol. The van der Waals surface area contributed by atoms with Crippen LogP contribution in [-0.4, -0.2) is 23.2 Å². The Morgan fingerprint density at radius 2 is 2.05 bits per heavy atom. The van der Waals surface area contributed by atoms with Crippen molar-refractivity contribution < 1.29 is 19.1 Å². The third kappa shape index (κ3) is 2.66. The molecule has 2 rings (SSSR count). The minimum absolute atomic E-state index is 0.115. The minimum Gasteiger partial charge on any atom is -0.497 e. The molecule has 1 N–H and O–H groups in total. The Balaban J connectivity index is 2.56. The van der Waals surface area contributed by atoms with Crippen LogP contribution in [0.4, 0.5) is 0 Å². The second-order valence-corrected chi connectivity index (χ2v) is 5.48. The summed E-state index contributed by atoms with van der Waals surface area (Å²) in [6, 6.07) is 7.15. The fraction of sp³-hybridized carbons (Fsp3) is 0.333. The molecule has 0 unspecified atom stereocenters. The van der Waals surface area contributed by atoms with E-state index in [-0.39, 0.29) is 11.7 Å². The molecular weight excluding hydrogens is 258 g/mol. The van der Waals surface area contributed by atoms with E-state index in [0.717, 1.165) is 0 Å². The zero-order valence-corrected chi connectivity index (χ0v) is 11.9. The van der Waals surface area contributed by atoms with Gasteiger partial charge in [0.15, 0.2) is 0 Å². The van der Waals surface area contributed by atoms with Crippen LogP contribution < -0.4 is 4.74 Å². The summed E-state index contributed by atoms with van der Waals surface area (Å²) in [6.45, 7) is 5.69. The molecule has 0 bridgehead atoms. The van der Waals surface area contributed by atoms with E-state index in [9.17, 15) is 9.90 Å². The van der Waals surface area contributed by atoms with Crippen LogP contribution in [0.5, 0.6) is 5.75 Å². The summed E-state index contributed by atoms with van der Waals surface area (Å²) >= 11 is 0. The molecule has 0 aliphatic rings. The number of benzene rings is 1. The summed E-state index contributed by atoms with van der Waals surface area (Å²) in [7, 11) is 1.57. The van der Waals surface area contributed by atoms with Crippen LogP contribution >= 0.6 is 0 Å². The van der Waals surface area contributed by atoms with Gasteiger partial charge in [0.1, 0.15) is 11.4 Å². The number of hydrogen-bond donors (Lipinski definition) is 1. The first-order valence-corrected chi connectivity index (χ1v) is 6.22. The second kappa shape index (κ2) is 5.00. The van der Waals surface area contributed by atoms with E-state index in [1.807, 2.05) is 20.8 Å². The lowest BCUT2D eigenvalue weighted by Crippen LogP contribution is -2.16. The number of aromatic nitrogens is 1. The minimum atomic E-state index is -1.11. The molecule has 5 heteroatoms. The van der Waals surface area contributed by atoms with Gasteiger partial charge in [-0.1, -0.05) is 26.8 Å². The van der Waals surface area contributed by atoms with Gasteiger partial charge >= 0.3 is 5.97 Å². The predicted octanol–water partition coefficient (Wildman–Crippen LogP) is 3.35. The maximum absolute atomic E-state index is 11.3. The average Bonchev–Trinajstić information content (AvgIpc) is 2.84. The SMILES string of the molecule is COc1cccc(-c2nc(C(C)(C)C)c(C(=O)O)o2)c1. The Bertz CT molecular complexity index is 638. The number of ether oxygens (including phenoxy) is 1. The lowest BCUT2D eigenvalue weighted by atomic mass is 9.91. The average molecular weight is 275 g/mol. The molecule has 0 amide bonds. The zero-order chi connectivity index (χ0) is 14.9. The number of aromatic carboxylic acids is 1. The summed E-state index contributed by atoms with van der Waals surface area (Å²) in [5, 5.41) is 9.23. The molecule has 106 valence electrons. The highest BCUT2D eigenvalue weighted by Crippen LogP contribution is 2.31.